The number of carbonyl (C=O) groups is 1. The first kappa shape index (κ1) is 21.0. The van der Waals surface area contributed by atoms with Gasteiger partial charge in [0.15, 0.2) is 0 Å². The van der Waals surface area contributed by atoms with Crippen LogP contribution in [0.5, 0.6) is 5.75 Å². The highest BCUT2D eigenvalue weighted by Gasteiger charge is 2.49. The van der Waals surface area contributed by atoms with Gasteiger partial charge in [-0.2, -0.15) is 5.26 Å². The minimum atomic E-state index is -3.08. The maximum absolute atomic E-state index is 14.4. The average molecular weight is 533 g/mol. The Morgan fingerprint density at radius 2 is 2.15 bits per heavy atom. The van der Waals surface area contributed by atoms with Gasteiger partial charge < -0.3 is 24.4 Å². The van der Waals surface area contributed by atoms with Gasteiger partial charge in [-0.05, 0) is 63.5 Å². The Morgan fingerprint density at radius 1 is 1.33 bits per heavy atom. The van der Waals surface area contributed by atoms with Crippen LogP contribution >= 0.6 is 0 Å². The van der Waals surface area contributed by atoms with Crippen LogP contribution in [0.4, 0.5) is 5.95 Å². The van der Waals surface area contributed by atoms with Crippen molar-refractivity contribution in [2.24, 2.45) is 0 Å². The number of carbonyl (C=O) groups excluding carboxylic acids is 1. The second-order valence-corrected chi connectivity index (χ2v) is 10.7. The maximum atomic E-state index is 14.4. The summed E-state index contributed by atoms with van der Waals surface area (Å²) in [6, 6.07) is 6.89. The lowest BCUT2D eigenvalue weighted by atomic mass is 9.60. The third kappa shape index (κ3) is 4.85. The quantitative estimate of drug-likeness (QED) is 0.438. The minimum Gasteiger partial charge on any atom is -0.492 e. The summed E-state index contributed by atoms with van der Waals surface area (Å²) in [5.41, 5.74) is 3.94. The van der Waals surface area contributed by atoms with Crippen LogP contribution in [0.15, 0.2) is 36.8 Å². The van der Waals surface area contributed by atoms with E-state index in [1.165, 1.54) is 12.3 Å². The van der Waals surface area contributed by atoms with Crippen LogP contribution in [-0.2, 0) is 18.5 Å². The largest absolute Gasteiger partial charge is 0.492 e. The number of nitrogens with one attached hydrogen (secondary N) is 1. The molecule has 1 N–H and O–H groups in total. The van der Waals surface area contributed by atoms with E-state index in [1.54, 1.807) is 11.1 Å². The van der Waals surface area contributed by atoms with Crippen LogP contribution in [-0.4, -0.2) is 64.5 Å². The first-order valence-electron chi connectivity index (χ1n) is 15.6. The lowest BCUT2D eigenvalue weighted by Crippen LogP contribution is -2.54. The third-order valence-corrected chi connectivity index (χ3v) is 7.93. The van der Waals surface area contributed by atoms with E-state index in [-0.39, 0.29) is 22.6 Å². The van der Waals surface area contributed by atoms with Gasteiger partial charge >= 0.3 is 0 Å². The van der Waals surface area contributed by atoms with Gasteiger partial charge in [0.05, 0.1) is 27.6 Å². The number of amides is 1. The SMILES string of the molecule is [2H]C([2H])([2H])C([2H])([2H])Oc1cc(C(C)N2CC3(CCC3)c3c(CN(C)C)cc(Cn4ccnc4NC)cc3C2=O)ncc1C#N. The monoisotopic (exact) mass is 532 g/mol. The second kappa shape index (κ2) is 10.7. The molecule has 1 atom stereocenters. The molecule has 9 heteroatoms. The first-order valence-corrected chi connectivity index (χ1v) is 13.1. The van der Waals surface area contributed by atoms with Crippen molar-refractivity contribution in [2.45, 2.75) is 57.6 Å². The molecule has 1 aliphatic heterocycles. The van der Waals surface area contributed by atoms with Gasteiger partial charge in [-0.3, -0.25) is 9.78 Å². The third-order valence-electron chi connectivity index (χ3n) is 7.93. The lowest BCUT2D eigenvalue weighted by molar-refractivity contribution is 0.0482. The van der Waals surface area contributed by atoms with Crippen molar-refractivity contribution in [2.75, 3.05) is 39.6 Å². The fraction of sp³-hybridized carbons (Fsp3) is 0.467. The molecule has 2 aliphatic rings. The van der Waals surface area contributed by atoms with Gasteiger partial charge in [0, 0.05) is 59.9 Å². The van der Waals surface area contributed by atoms with Crippen molar-refractivity contribution in [1.29, 1.82) is 5.26 Å². The van der Waals surface area contributed by atoms with Crippen molar-refractivity contribution in [3.05, 3.63) is 70.3 Å². The van der Waals surface area contributed by atoms with Crippen LogP contribution in [0.2, 0.25) is 0 Å². The number of hydrogen-bond acceptors (Lipinski definition) is 7. The zero-order chi connectivity index (χ0) is 32.0. The van der Waals surface area contributed by atoms with Crippen LogP contribution in [0.1, 0.15) is 84.2 Å². The molecule has 5 rings (SSSR count). The fourth-order valence-corrected chi connectivity index (χ4v) is 6.00. The molecule has 0 saturated heterocycles. The fourth-order valence-electron chi connectivity index (χ4n) is 6.00. The molecule has 1 saturated carbocycles. The number of pyridine rings is 1. The van der Waals surface area contributed by atoms with Crippen molar-refractivity contribution < 1.29 is 16.4 Å². The molecule has 39 heavy (non-hydrogen) atoms. The van der Waals surface area contributed by atoms with Gasteiger partial charge in [-0.25, -0.2) is 4.98 Å². The number of ether oxygens (including phenoxy) is 1. The summed E-state index contributed by atoms with van der Waals surface area (Å²) in [5, 5.41) is 12.7. The summed E-state index contributed by atoms with van der Waals surface area (Å²) < 4.78 is 45.6. The van der Waals surface area contributed by atoms with Gasteiger partial charge in [0.25, 0.3) is 5.91 Å². The summed E-state index contributed by atoms with van der Waals surface area (Å²) in [7, 11) is 5.86. The molecule has 0 radical (unpaired) electrons. The normalized spacial score (nSPS) is 19.1. The maximum Gasteiger partial charge on any atom is 0.254 e. The molecule has 1 fully saturated rings. The van der Waals surface area contributed by atoms with Crippen molar-refractivity contribution in [3.63, 3.8) is 0 Å². The molecule has 1 aromatic carbocycles. The Morgan fingerprint density at radius 3 is 2.82 bits per heavy atom. The van der Waals surface area contributed by atoms with Crippen LogP contribution in [0, 0.1) is 11.3 Å². The Kier molecular flexibility index (Phi) is 5.76. The molecule has 3 aromatic rings. The molecule has 3 heterocycles. The zero-order valence-corrected chi connectivity index (χ0v) is 22.8. The van der Waals surface area contributed by atoms with Gasteiger partial charge in [0.2, 0.25) is 5.95 Å². The zero-order valence-electron chi connectivity index (χ0n) is 27.8. The highest BCUT2D eigenvalue weighted by atomic mass is 16.5. The summed E-state index contributed by atoms with van der Waals surface area (Å²) >= 11 is 0. The Bertz CT molecular complexity index is 1610. The van der Waals surface area contributed by atoms with Gasteiger partial charge in [0.1, 0.15) is 17.4 Å². The smallest absolute Gasteiger partial charge is 0.254 e. The van der Waals surface area contributed by atoms with Crippen molar-refractivity contribution in [1.82, 2.24) is 24.3 Å². The molecule has 1 aliphatic carbocycles. The Balaban J connectivity index is 1.56. The Hall–Kier alpha value is -3.90. The van der Waals surface area contributed by atoms with E-state index in [2.05, 4.69) is 26.3 Å². The number of nitrogens with zero attached hydrogens (tertiary/aromatic N) is 6. The number of hydrogen-bond donors (Lipinski definition) is 1. The number of fused-ring (bicyclic) bond motifs is 2. The first-order chi connectivity index (χ1) is 20.7. The van der Waals surface area contributed by atoms with E-state index in [1.807, 2.05) is 51.0 Å². The van der Waals surface area contributed by atoms with E-state index >= 15 is 0 Å². The van der Waals surface area contributed by atoms with Crippen LogP contribution in [0.25, 0.3) is 0 Å². The number of benzene rings is 1. The van der Waals surface area contributed by atoms with Gasteiger partial charge in [-0.15, -0.1) is 0 Å². The van der Waals surface area contributed by atoms with Crippen molar-refractivity contribution >= 4 is 11.9 Å². The van der Waals surface area contributed by atoms with E-state index < -0.39 is 19.5 Å². The number of imidazole rings is 1. The lowest BCUT2D eigenvalue weighted by Gasteiger charge is -2.52. The average Bonchev–Trinajstić information content (AvgIpc) is 3.38. The predicted molar refractivity (Wildman–Crippen MR) is 150 cm³/mol. The van der Waals surface area contributed by atoms with E-state index in [4.69, 9.17) is 11.6 Å². The summed E-state index contributed by atoms with van der Waals surface area (Å²) in [5.74, 6) is 0.351. The molecular weight excluding hydrogens is 490 g/mol. The second-order valence-electron chi connectivity index (χ2n) is 10.7. The minimum absolute atomic E-state index is 0.0988. The number of rotatable bonds is 9. The molecule has 1 unspecified atom stereocenters. The van der Waals surface area contributed by atoms with Crippen LogP contribution in [0.3, 0.4) is 0 Å². The summed E-state index contributed by atoms with van der Waals surface area (Å²) in [4.78, 5) is 27.0. The molecule has 9 nitrogen and oxygen atoms in total. The van der Waals surface area contributed by atoms with E-state index in [0.717, 1.165) is 41.9 Å². The summed E-state index contributed by atoms with van der Waals surface area (Å²) in [6.07, 6.45) is 7.79. The van der Waals surface area contributed by atoms with Crippen LogP contribution < -0.4 is 10.1 Å². The van der Waals surface area contributed by atoms with Gasteiger partial charge in [-0.1, -0.05) is 12.5 Å². The predicted octanol–water partition coefficient (Wildman–Crippen LogP) is 4.34. The highest BCUT2D eigenvalue weighted by molar-refractivity contribution is 5.98. The standard InChI is InChI=1S/C30H37N7O2/c1-6-39-26-14-25(34-16-23(26)15-31)20(2)37-19-30(8-7-9-30)27-22(18-35(4)5)12-21(13-24(27)28(37)38)17-36-11-10-33-29(36)32-3/h10-14,16,20H,6-9,17-19H2,1-5H3,(H,32,33)/i1D3,6D2. The number of aromatic nitrogens is 3. The van der Waals surface area contributed by atoms with E-state index in [9.17, 15) is 10.1 Å². The summed E-state index contributed by atoms with van der Waals surface area (Å²) in [6.45, 7) is -2.57. The number of nitriles is 1. The topological polar surface area (TPSA) is 99.3 Å². The molecule has 1 spiro atoms. The molecular formula is C30H37N7O2. The molecule has 1 amide bonds. The molecule has 2 aromatic heterocycles. The molecule has 0 bridgehead atoms. The molecule has 204 valence electrons. The van der Waals surface area contributed by atoms with E-state index in [0.29, 0.717) is 30.9 Å². The highest BCUT2D eigenvalue weighted by Crippen LogP contribution is 2.51. The Labute approximate surface area is 237 Å². The van der Waals surface area contributed by atoms with Crippen molar-refractivity contribution in [3.8, 4) is 11.8 Å². The number of anilines is 1.